The van der Waals surface area contributed by atoms with Crippen LogP contribution in [-0.2, 0) is 17.8 Å². The number of phenols is 1. The average Bonchev–Trinajstić information content (AvgIpc) is 3.06. The molecule has 1 saturated carbocycles. The molecule has 248 valence electrons. The maximum atomic E-state index is 13.5. The molecule has 1 aliphatic carbocycles. The molecule has 2 N–H and O–H groups in total. The lowest BCUT2D eigenvalue weighted by atomic mass is 9.87. The third kappa shape index (κ3) is 10.2. The summed E-state index contributed by atoms with van der Waals surface area (Å²) in [5.74, 6) is 0.749. The predicted molar refractivity (Wildman–Crippen MR) is 181 cm³/mol. The fourth-order valence-corrected chi connectivity index (χ4v) is 6.00. The van der Waals surface area contributed by atoms with Crippen LogP contribution in [0.15, 0.2) is 72.9 Å². The number of hydrogen-bond donors (Lipinski definition) is 2. The Morgan fingerprint density at radius 3 is 2.55 bits per heavy atom. The maximum absolute atomic E-state index is 13.5. The molecule has 0 atom stereocenters. The molecule has 47 heavy (non-hydrogen) atoms. The number of hydrogen-bond acceptors (Lipinski definition) is 8. The van der Waals surface area contributed by atoms with E-state index in [4.69, 9.17) is 9.47 Å². The monoisotopic (exact) mass is 640 g/mol. The number of ether oxygens (including phenoxy) is 2. The summed E-state index contributed by atoms with van der Waals surface area (Å²) in [6.07, 6.45) is 6.42. The summed E-state index contributed by atoms with van der Waals surface area (Å²) in [6, 6.07) is 20.7. The van der Waals surface area contributed by atoms with E-state index in [0.29, 0.717) is 31.5 Å². The number of carbonyl (C=O) groups excluding carboxylic acids is 1. The number of ketones is 1. The zero-order valence-corrected chi connectivity index (χ0v) is 27.5. The molecule has 0 spiro atoms. The second-order valence-electron chi connectivity index (χ2n) is 12.5. The zero-order chi connectivity index (χ0) is 33.2. The van der Waals surface area contributed by atoms with E-state index in [1.54, 1.807) is 18.2 Å². The Hall–Kier alpha value is -4.18. The molecule has 0 unspecified atom stereocenters. The minimum Gasteiger partial charge on any atom is -0.508 e. The second-order valence-corrected chi connectivity index (χ2v) is 12.5. The molecule has 2 aromatic carbocycles. The third-order valence-corrected chi connectivity index (χ3v) is 8.68. The van der Waals surface area contributed by atoms with E-state index in [9.17, 15) is 14.3 Å². The highest BCUT2D eigenvalue weighted by Crippen LogP contribution is 2.32. The van der Waals surface area contributed by atoms with Crippen molar-refractivity contribution in [1.82, 2.24) is 20.2 Å². The number of aromatic hydroxyl groups is 1. The van der Waals surface area contributed by atoms with Gasteiger partial charge in [-0.3, -0.25) is 14.7 Å². The van der Waals surface area contributed by atoms with Gasteiger partial charge >= 0.3 is 0 Å². The normalized spacial score (nSPS) is 18.2. The molecule has 4 aromatic rings. The third-order valence-electron chi connectivity index (χ3n) is 8.68. The summed E-state index contributed by atoms with van der Waals surface area (Å²) in [6.45, 7) is 10.4. The highest BCUT2D eigenvalue weighted by atomic mass is 19.1. The Balaban J connectivity index is 0.000000227. The van der Waals surface area contributed by atoms with E-state index in [1.165, 1.54) is 38.3 Å². The molecule has 9 heteroatoms. The van der Waals surface area contributed by atoms with Gasteiger partial charge in [0, 0.05) is 37.9 Å². The van der Waals surface area contributed by atoms with E-state index in [-0.39, 0.29) is 23.0 Å². The minimum absolute atomic E-state index is 0.0605. The molecule has 3 heterocycles. The van der Waals surface area contributed by atoms with Crippen LogP contribution in [0.25, 0.3) is 11.1 Å². The fourth-order valence-electron chi connectivity index (χ4n) is 6.00. The van der Waals surface area contributed by atoms with Crippen LogP contribution >= 0.6 is 0 Å². The summed E-state index contributed by atoms with van der Waals surface area (Å²) in [5.41, 5.74) is 5.21. The molecule has 2 fully saturated rings. The van der Waals surface area contributed by atoms with Gasteiger partial charge in [0.25, 0.3) is 0 Å². The van der Waals surface area contributed by atoms with Gasteiger partial charge in [0.15, 0.2) is 5.78 Å². The molecule has 0 amide bonds. The number of halogens is 1. The highest BCUT2D eigenvalue weighted by Gasteiger charge is 2.18. The first-order valence-electron chi connectivity index (χ1n) is 16.5. The summed E-state index contributed by atoms with van der Waals surface area (Å²) in [5, 5.41) is 13.7. The summed E-state index contributed by atoms with van der Waals surface area (Å²) >= 11 is 0. The number of Topliss-reactive ketones (excluding diaryl/α,β-unsaturated/α-hetero) is 1. The standard InChI is InChI=1S/C24H23FN2O4.C14H22N2/c1-16(28)23-13-19(25)14-26-24(23)31-21-4-2-3-17(12-21)22-6-5-20(29)11-18(22)15-27-7-9-30-10-8-27;1-11-6-8-13(9-7-11)15-10-14-5-3-4-12(2)16-14/h2-6,11-14,29H,7-10,15H2,1H3;3-5,11,13,15H,6-10H2,1-2H3. The van der Waals surface area contributed by atoms with Crippen LogP contribution in [0, 0.1) is 18.7 Å². The smallest absolute Gasteiger partial charge is 0.230 e. The lowest BCUT2D eigenvalue weighted by Crippen LogP contribution is -2.35. The highest BCUT2D eigenvalue weighted by molar-refractivity contribution is 5.96. The Morgan fingerprint density at radius 1 is 1.04 bits per heavy atom. The van der Waals surface area contributed by atoms with Crippen molar-refractivity contribution in [3.8, 4) is 28.5 Å². The second kappa shape index (κ2) is 16.6. The molecular weight excluding hydrogens is 595 g/mol. The number of rotatable bonds is 9. The minimum atomic E-state index is -0.594. The predicted octanol–water partition coefficient (Wildman–Crippen LogP) is 7.48. The number of benzene rings is 2. The van der Waals surface area contributed by atoms with E-state index < -0.39 is 5.82 Å². The summed E-state index contributed by atoms with van der Waals surface area (Å²) in [4.78, 5) is 22.6. The summed E-state index contributed by atoms with van der Waals surface area (Å²) in [7, 11) is 0. The topological polar surface area (TPSA) is 96.8 Å². The summed E-state index contributed by atoms with van der Waals surface area (Å²) < 4.78 is 24.7. The number of pyridine rings is 2. The number of nitrogens with zero attached hydrogens (tertiary/aromatic N) is 3. The van der Waals surface area contributed by atoms with Crippen molar-refractivity contribution in [3.05, 3.63) is 101 Å². The largest absolute Gasteiger partial charge is 0.508 e. The van der Waals surface area contributed by atoms with Gasteiger partial charge in [0.1, 0.15) is 17.3 Å². The van der Waals surface area contributed by atoms with Crippen LogP contribution in [-0.4, -0.2) is 58.1 Å². The van der Waals surface area contributed by atoms with Crippen LogP contribution in [0.2, 0.25) is 0 Å². The first kappa shape index (κ1) is 34.2. The lowest BCUT2D eigenvalue weighted by Gasteiger charge is -2.27. The SMILES string of the molecule is CC(=O)c1cc(F)cnc1Oc1cccc(-c2ccc(O)cc2CN2CCOCC2)c1.Cc1cccc(CNC2CCC(C)CC2)n1. The van der Waals surface area contributed by atoms with Gasteiger partial charge in [-0.25, -0.2) is 9.37 Å². The number of phenolic OH excluding ortho intramolecular Hbond substituents is 1. The van der Waals surface area contributed by atoms with Crippen LogP contribution in [0.3, 0.4) is 0 Å². The molecule has 0 bridgehead atoms. The molecule has 1 aliphatic heterocycles. The molecule has 2 aliphatic rings. The average molecular weight is 641 g/mol. The van der Waals surface area contributed by atoms with E-state index in [1.807, 2.05) is 37.3 Å². The molecule has 0 radical (unpaired) electrons. The number of carbonyl (C=O) groups is 1. The van der Waals surface area contributed by atoms with Gasteiger partial charge in [-0.15, -0.1) is 0 Å². The van der Waals surface area contributed by atoms with Crippen molar-refractivity contribution in [2.45, 2.75) is 65.6 Å². The molecule has 6 rings (SSSR count). The van der Waals surface area contributed by atoms with Crippen molar-refractivity contribution >= 4 is 5.78 Å². The molecule has 8 nitrogen and oxygen atoms in total. The first-order valence-corrected chi connectivity index (χ1v) is 16.5. The number of aromatic nitrogens is 2. The zero-order valence-electron chi connectivity index (χ0n) is 27.5. The quantitative estimate of drug-likeness (QED) is 0.182. The van der Waals surface area contributed by atoms with Gasteiger partial charge in [-0.05, 0) is 105 Å². The van der Waals surface area contributed by atoms with Crippen molar-refractivity contribution < 1.29 is 23.8 Å². The van der Waals surface area contributed by atoms with Gasteiger partial charge in [-0.2, -0.15) is 0 Å². The van der Waals surface area contributed by atoms with Gasteiger partial charge < -0.3 is 19.9 Å². The van der Waals surface area contributed by atoms with Crippen molar-refractivity contribution in [3.63, 3.8) is 0 Å². The van der Waals surface area contributed by atoms with Gasteiger partial charge in [0.2, 0.25) is 5.88 Å². The Kier molecular flexibility index (Phi) is 12.1. The van der Waals surface area contributed by atoms with E-state index in [0.717, 1.165) is 60.2 Å². The molecular formula is C38H45FN4O4. The number of morpholine rings is 1. The molecule has 2 aromatic heterocycles. The number of aryl methyl sites for hydroxylation is 1. The molecule has 1 saturated heterocycles. The van der Waals surface area contributed by atoms with E-state index in [2.05, 4.69) is 39.2 Å². The van der Waals surface area contributed by atoms with Crippen molar-refractivity contribution in [2.75, 3.05) is 26.3 Å². The van der Waals surface area contributed by atoms with Crippen LogP contribution in [0.4, 0.5) is 4.39 Å². The lowest BCUT2D eigenvalue weighted by molar-refractivity contribution is 0.0342. The van der Waals surface area contributed by atoms with Gasteiger partial charge in [-0.1, -0.05) is 31.2 Å². The van der Waals surface area contributed by atoms with E-state index >= 15 is 0 Å². The first-order chi connectivity index (χ1) is 22.7. The van der Waals surface area contributed by atoms with Gasteiger partial charge in [0.05, 0.1) is 30.7 Å². The Morgan fingerprint density at radius 2 is 1.81 bits per heavy atom. The van der Waals surface area contributed by atoms with Crippen molar-refractivity contribution in [2.24, 2.45) is 5.92 Å². The van der Waals surface area contributed by atoms with Crippen LogP contribution in [0.1, 0.15) is 66.8 Å². The fraction of sp³-hybridized carbons (Fsp3) is 0.395. The maximum Gasteiger partial charge on any atom is 0.230 e. The number of nitrogens with one attached hydrogen (secondary N) is 1. The van der Waals surface area contributed by atoms with Crippen LogP contribution in [0.5, 0.6) is 17.4 Å². The Labute approximate surface area is 277 Å². The van der Waals surface area contributed by atoms with Crippen molar-refractivity contribution in [1.29, 1.82) is 0 Å². The Bertz CT molecular complexity index is 1630. The van der Waals surface area contributed by atoms with Crippen LogP contribution < -0.4 is 10.1 Å².